The molecule has 2 rings (SSSR count). The lowest BCUT2D eigenvalue weighted by molar-refractivity contribution is -0.176. The van der Waals surface area contributed by atoms with Gasteiger partial charge in [0.05, 0.1) is 5.92 Å². The SMILES string of the molecule is CC(C)[C@H](NC(=O)C(F)(F)F)C(=O)N1C[C@H](C(F)(F)F)C[C@H]1C(=O)OCc1ccccc1. The van der Waals surface area contributed by atoms with Gasteiger partial charge in [0, 0.05) is 6.54 Å². The van der Waals surface area contributed by atoms with Gasteiger partial charge in [-0.15, -0.1) is 0 Å². The van der Waals surface area contributed by atoms with Gasteiger partial charge in [-0.3, -0.25) is 9.59 Å². The second kappa shape index (κ2) is 9.78. The van der Waals surface area contributed by atoms with Gasteiger partial charge in [-0.2, -0.15) is 26.3 Å². The normalized spacial score (nSPS) is 20.2. The van der Waals surface area contributed by atoms with Crippen molar-refractivity contribution in [2.24, 2.45) is 11.8 Å². The first kappa shape index (κ1) is 25.5. The molecule has 0 unspecified atom stereocenters. The average Bonchev–Trinajstić information content (AvgIpc) is 3.15. The minimum atomic E-state index is -5.29. The van der Waals surface area contributed by atoms with Crippen molar-refractivity contribution < 1.29 is 45.5 Å². The highest BCUT2D eigenvalue weighted by molar-refractivity contribution is 5.92. The maximum absolute atomic E-state index is 13.3. The first-order chi connectivity index (χ1) is 14.7. The molecule has 0 bridgehead atoms. The number of esters is 1. The Morgan fingerprint density at radius 1 is 1.09 bits per heavy atom. The predicted molar refractivity (Wildman–Crippen MR) is 98.7 cm³/mol. The predicted octanol–water partition coefficient (Wildman–Crippen LogP) is 3.21. The quantitative estimate of drug-likeness (QED) is 0.514. The molecule has 1 aromatic rings. The third-order valence-electron chi connectivity index (χ3n) is 5.02. The van der Waals surface area contributed by atoms with Crippen molar-refractivity contribution in [3.05, 3.63) is 35.9 Å². The second-order valence-electron chi connectivity index (χ2n) is 7.77. The van der Waals surface area contributed by atoms with Crippen LogP contribution in [0.4, 0.5) is 26.3 Å². The molecule has 0 spiro atoms. The lowest BCUT2D eigenvalue weighted by atomic mass is 10.0. The lowest BCUT2D eigenvalue weighted by Gasteiger charge is -2.30. The Balaban J connectivity index is 2.23. The highest BCUT2D eigenvalue weighted by Gasteiger charge is 2.53. The minimum Gasteiger partial charge on any atom is -0.459 e. The highest BCUT2D eigenvalue weighted by atomic mass is 19.4. The standard InChI is InChI=1S/C20H22F6N2O4/c1-11(2)15(27-18(31)20(24,25)26)16(29)28-9-13(19(21,22)23)8-14(28)17(30)32-10-12-6-4-3-5-7-12/h3-7,11,13-15H,8-10H2,1-2H3,(H,27,31)/t13-,14+,15+/m1/s1. The number of alkyl halides is 6. The van der Waals surface area contributed by atoms with E-state index in [1.807, 2.05) is 0 Å². The molecule has 1 fully saturated rings. The van der Waals surface area contributed by atoms with E-state index in [1.165, 1.54) is 19.2 Å². The molecule has 3 atom stereocenters. The van der Waals surface area contributed by atoms with E-state index in [-0.39, 0.29) is 6.61 Å². The number of nitrogens with zero attached hydrogens (tertiary/aromatic N) is 1. The summed E-state index contributed by atoms with van der Waals surface area (Å²) in [5, 5.41) is 1.52. The number of amides is 2. The zero-order valence-corrected chi connectivity index (χ0v) is 17.2. The van der Waals surface area contributed by atoms with Crippen molar-refractivity contribution in [3.63, 3.8) is 0 Å². The summed E-state index contributed by atoms with van der Waals surface area (Å²) in [7, 11) is 0. The molecule has 1 aliphatic heterocycles. The van der Waals surface area contributed by atoms with Crippen LogP contribution in [0.5, 0.6) is 0 Å². The second-order valence-corrected chi connectivity index (χ2v) is 7.77. The Morgan fingerprint density at radius 3 is 2.19 bits per heavy atom. The fourth-order valence-electron chi connectivity index (χ4n) is 3.28. The van der Waals surface area contributed by atoms with Crippen molar-refractivity contribution in [1.82, 2.24) is 10.2 Å². The van der Waals surface area contributed by atoms with Crippen LogP contribution in [0.15, 0.2) is 30.3 Å². The maximum Gasteiger partial charge on any atom is 0.471 e. The van der Waals surface area contributed by atoms with Crippen LogP contribution in [0.1, 0.15) is 25.8 Å². The summed E-state index contributed by atoms with van der Waals surface area (Å²) in [6, 6.07) is 4.82. The van der Waals surface area contributed by atoms with Gasteiger partial charge in [0.15, 0.2) is 0 Å². The van der Waals surface area contributed by atoms with E-state index >= 15 is 0 Å². The molecule has 1 aliphatic rings. The van der Waals surface area contributed by atoms with Gasteiger partial charge in [-0.1, -0.05) is 44.2 Å². The molecule has 178 valence electrons. The zero-order chi connectivity index (χ0) is 24.3. The Morgan fingerprint density at radius 2 is 1.69 bits per heavy atom. The molecule has 32 heavy (non-hydrogen) atoms. The summed E-state index contributed by atoms with van der Waals surface area (Å²) in [6.07, 6.45) is -10.8. The first-order valence-electron chi connectivity index (χ1n) is 9.67. The number of rotatable bonds is 6. The Kier molecular flexibility index (Phi) is 7.79. The van der Waals surface area contributed by atoms with Crippen LogP contribution in [0.25, 0.3) is 0 Å². The molecule has 0 aromatic heterocycles. The number of hydrogen-bond donors (Lipinski definition) is 1. The summed E-state index contributed by atoms with van der Waals surface area (Å²) in [6.45, 7) is 1.45. The van der Waals surface area contributed by atoms with Crippen LogP contribution in [-0.2, 0) is 25.7 Å². The van der Waals surface area contributed by atoms with Gasteiger partial charge in [0.1, 0.15) is 18.7 Å². The molecular formula is C20H22F6N2O4. The molecule has 2 amide bonds. The van der Waals surface area contributed by atoms with E-state index in [9.17, 15) is 40.7 Å². The van der Waals surface area contributed by atoms with Crippen molar-refractivity contribution in [2.45, 2.75) is 51.3 Å². The minimum absolute atomic E-state index is 0.257. The molecule has 0 aliphatic carbocycles. The number of nitrogens with one attached hydrogen (secondary N) is 1. The number of likely N-dealkylation sites (tertiary alicyclic amines) is 1. The largest absolute Gasteiger partial charge is 0.471 e. The van der Waals surface area contributed by atoms with Crippen LogP contribution in [0, 0.1) is 11.8 Å². The number of benzene rings is 1. The number of ether oxygens (including phenoxy) is 1. The smallest absolute Gasteiger partial charge is 0.459 e. The highest BCUT2D eigenvalue weighted by Crippen LogP contribution is 2.37. The van der Waals surface area contributed by atoms with E-state index in [0.29, 0.717) is 10.5 Å². The summed E-state index contributed by atoms with van der Waals surface area (Å²) in [5.41, 5.74) is 0.557. The molecule has 1 heterocycles. The topological polar surface area (TPSA) is 75.7 Å². The molecule has 0 radical (unpaired) electrons. The molecular weight excluding hydrogens is 446 g/mol. The van der Waals surface area contributed by atoms with Crippen molar-refractivity contribution in [3.8, 4) is 0 Å². The van der Waals surface area contributed by atoms with Gasteiger partial charge >= 0.3 is 24.2 Å². The molecule has 6 nitrogen and oxygen atoms in total. The Labute approximate surface area is 179 Å². The van der Waals surface area contributed by atoms with Gasteiger partial charge in [-0.25, -0.2) is 4.79 Å². The van der Waals surface area contributed by atoms with E-state index in [4.69, 9.17) is 4.74 Å². The van der Waals surface area contributed by atoms with E-state index < -0.39 is 67.0 Å². The summed E-state index contributed by atoms with van der Waals surface area (Å²) in [4.78, 5) is 37.3. The third kappa shape index (κ3) is 6.36. The summed E-state index contributed by atoms with van der Waals surface area (Å²) < 4.78 is 82.9. The number of hydrogen-bond acceptors (Lipinski definition) is 4. The van der Waals surface area contributed by atoms with Crippen LogP contribution in [0.3, 0.4) is 0 Å². The summed E-state index contributed by atoms with van der Waals surface area (Å²) >= 11 is 0. The Bertz CT molecular complexity index is 826. The zero-order valence-electron chi connectivity index (χ0n) is 17.2. The maximum atomic E-state index is 13.3. The number of carbonyl (C=O) groups is 3. The van der Waals surface area contributed by atoms with Crippen LogP contribution in [0.2, 0.25) is 0 Å². The van der Waals surface area contributed by atoms with E-state index in [2.05, 4.69) is 0 Å². The third-order valence-corrected chi connectivity index (χ3v) is 5.02. The first-order valence-corrected chi connectivity index (χ1v) is 9.67. The monoisotopic (exact) mass is 468 g/mol. The van der Waals surface area contributed by atoms with Crippen LogP contribution >= 0.6 is 0 Å². The van der Waals surface area contributed by atoms with Crippen LogP contribution < -0.4 is 5.32 Å². The van der Waals surface area contributed by atoms with E-state index in [0.717, 1.165) is 0 Å². The van der Waals surface area contributed by atoms with Gasteiger partial charge in [-0.05, 0) is 17.9 Å². The lowest BCUT2D eigenvalue weighted by Crippen LogP contribution is -2.56. The summed E-state index contributed by atoms with van der Waals surface area (Å²) in [5.74, 6) is -7.68. The number of carbonyl (C=O) groups excluding carboxylic acids is 3. The van der Waals surface area contributed by atoms with Gasteiger partial charge in [0.2, 0.25) is 5.91 Å². The molecule has 12 heteroatoms. The van der Waals surface area contributed by atoms with Crippen LogP contribution in [-0.4, -0.2) is 53.7 Å². The Hall–Kier alpha value is -2.79. The van der Waals surface area contributed by atoms with Crippen molar-refractivity contribution in [1.29, 1.82) is 0 Å². The van der Waals surface area contributed by atoms with Gasteiger partial charge < -0.3 is 15.0 Å². The molecule has 0 saturated carbocycles. The number of halogens is 6. The fraction of sp³-hybridized carbons (Fsp3) is 0.550. The van der Waals surface area contributed by atoms with Gasteiger partial charge in [0.25, 0.3) is 0 Å². The van der Waals surface area contributed by atoms with E-state index in [1.54, 1.807) is 30.3 Å². The molecule has 1 N–H and O–H groups in total. The fourth-order valence-corrected chi connectivity index (χ4v) is 3.28. The molecule has 1 aromatic carbocycles. The average molecular weight is 468 g/mol. The van der Waals surface area contributed by atoms with Crippen molar-refractivity contribution >= 4 is 17.8 Å². The molecule has 1 saturated heterocycles. The van der Waals surface area contributed by atoms with Crippen molar-refractivity contribution in [2.75, 3.05) is 6.54 Å².